The summed E-state index contributed by atoms with van der Waals surface area (Å²) in [6.45, 7) is 0. The number of hydrogen-bond donors (Lipinski definition) is 1. The number of hydrogen-bond acceptors (Lipinski definition) is 4. The largest absolute Gasteiger partial charge is 0.350 e. The molecule has 0 atom stereocenters. The van der Waals surface area contributed by atoms with Gasteiger partial charge in [-0.3, -0.25) is 10.2 Å². The second kappa shape index (κ2) is 6.98. The van der Waals surface area contributed by atoms with Crippen LogP contribution in [0.4, 0.5) is 5.69 Å². The van der Waals surface area contributed by atoms with E-state index >= 15 is 0 Å². The van der Waals surface area contributed by atoms with Crippen molar-refractivity contribution < 1.29 is 4.79 Å². The number of rotatable bonds is 4. The van der Waals surface area contributed by atoms with Gasteiger partial charge in [0.1, 0.15) is 6.07 Å². The quantitative estimate of drug-likeness (QED) is 0.412. The Morgan fingerprint density at radius 3 is 2.56 bits per heavy atom. The predicted octanol–water partition coefficient (Wildman–Crippen LogP) is 4.66. The number of carbonyl (C=O) groups excluding carboxylic acids is 1. The molecule has 3 aromatic rings. The Kier molecular flexibility index (Phi) is 4.75. The standard InChI is InChI=1S/C18H12Cl2N4O/c1-24-10-15(14-4-2-3-5-17(14)24)18(25)16(9-21)23-22-13-7-11(19)6-12(20)8-13/h2-8,10,22H,1H3/b23-16+. The fraction of sp³-hybridized carbons (Fsp3) is 0.0556. The molecule has 0 saturated heterocycles. The topological polar surface area (TPSA) is 70.2 Å². The number of Topliss-reactive ketones (excluding diaryl/α,β-unsaturated/α-hetero) is 1. The lowest BCUT2D eigenvalue weighted by molar-refractivity contribution is 0.106. The molecule has 0 unspecified atom stereocenters. The molecule has 0 aliphatic heterocycles. The van der Waals surface area contributed by atoms with E-state index in [0.717, 1.165) is 10.9 Å². The normalized spacial score (nSPS) is 11.4. The van der Waals surface area contributed by atoms with E-state index in [9.17, 15) is 10.1 Å². The highest BCUT2D eigenvalue weighted by atomic mass is 35.5. The van der Waals surface area contributed by atoms with Gasteiger partial charge in [-0.05, 0) is 24.3 Å². The minimum atomic E-state index is -0.458. The van der Waals surface area contributed by atoms with E-state index in [1.807, 2.05) is 41.9 Å². The zero-order chi connectivity index (χ0) is 18.0. The highest BCUT2D eigenvalue weighted by Crippen LogP contribution is 2.23. The van der Waals surface area contributed by atoms with Crippen LogP contribution >= 0.6 is 23.2 Å². The summed E-state index contributed by atoms with van der Waals surface area (Å²) in [6.07, 6.45) is 1.69. The van der Waals surface area contributed by atoms with Crippen LogP contribution in [0.15, 0.2) is 53.8 Å². The first-order valence-corrected chi connectivity index (χ1v) is 8.04. The van der Waals surface area contributed by atoms with Gasteiger partial charge in [-0.25, -0.2) is 0 Å². The van der Waals surface area contributed by atoms with Crippen LogP contribution in [0.2, 0.25) is 10.0 Å². The minimum absolute atomic E-state index is 0.257. The molecule has 1 N–H and O–H groups in total. The van der Waals surface area contributed by atoms with E-state index in [1.165, 1.54) is 0 Å². The lowest BCUT2D eigenvalue weighted by Crippen LogP contribution is -2.14. The molecule has 0 bridgehead atoms. The van der Waals surface area contributed by atoms with Crippen LogP contribution in [0.3, 0.4) is 0 Å². The zero-order valence-electron chi connectivity index (χ0n) is 13.1. The number of nitriles is 1. The Morgan fingerprint density at radius 2 is 1.88 bits per heavy atom. The van der Waals surface area contributed by atoms with Gasteiger partial charge in [-0.15, -0.1) is 0 Å². The Balaban J connectivity index is 1.94. The monoisotopic (exact) mass is 370 g/mol. The molecule has 1 heterocycles. The summed E-state index contributed by atoms with van der Waals surface area (Å²) in [6, 6.07) is 14.1. The van der Waals surface area contributed by atoms with Crippen LogP contribution in [-0.2, 0) is 7.05 Å². The second-order valence-corrected chi connectivity index (χ2v) is 6.21. The average Bonchev–Trinajstić information content (AvgIpc) is 2.92. The van der Waals surface area contributed by atoms with E-state index in [2.05, 4.69) is 10.5 Å². The van der Waals surface area contributed by atoms with Crippen LogP contribution in [0.5, 0.6) is 0 Å². The van der Waals surface area contributed by atoms with Crippen molar-refractivity contribution in [2.45, 2.75) is 0 Å². The molecule has 0 fully saturated rings. The van der Waals surface area contributed by atoms with Gasteiger partial charge in [0.2, 0.25) is 11.5 Å². The van der Waals surface area contributed by atoms with Crippen molar-refractivity contribution in [1.82, 2.24) is 4.57 Å². The van der Waals surface area contributed by atoms with Crippen LogP contribution < -0.4 is 5.43 Å². The minimum Gasteiger partial charge on any atom is -0.350 e. The van der Waals surface area contributed by atoms with Crippen molar-refractivity contribution in [3.8, 4) is 6.07 Å². The number of benzene rings is 2. The summed E-state index contributed by atoms with van der Waals surface area (Å²) in [5.74, 6) is -0.458. The maximum Gasteiger partial charge on any atom is 0.226 e. The molecule has 2 aromatic carbocycles. The number of para-hydroxylation sites is 1. The van der Waals surface area contributed by atoms with Gasteiger partial charge < -0.3 is 4.57 Å². The summed E-state index contributed by atoms with van der Waals surface area (Å²) >= 11 is 11.8. The lowest BCUT2D eigenvalue weighted by atomic mass is 10.1. The van der Waals surface area contributed by atoms with Crippen LogP contribution in [0.1, 0.15) is 10.4 Å². The first-order chi connectivity index (χ1) is 12.0. The zero-order valence-corrected chi connectivity index (χ0v) is 14.6. The third-order valence-electron chi connectivity index (χ3n) is 3.62. The number of halogens is 2. The molecule has 124 valence electrons. The number of hydrazone groups is 1. The van der Waals surface area contributed by atoms with Gasteiger partial charge in [-0.1, -0.05) is 41.4 Å². The number of aromatic nitrogens is 1. The van der Waals surface area contributed by atoms with E-state index in [0.29, 0.717) is 21.3 Å². The molecule has 25 heavy (non-hydrogen) atoms. The molecule has 0 amide bonds. The number of aryl methyl sites for hydroxylation is 1. The highest BCUT2D eigenvalue weighted by Gasteiger charge is 2.19. The van der Waals surface area contributed by atoms with Crippen molar-refractivity contribution in [2.75, 3.05) is 5.43 Å². The van der Waals surface area contributed by atoms with Crippen LogP contribution in [-0.4, -0.2) is 16.1 Å². The van der Waals surface area contributed by atoms with E-state index < -0.39 is 5.78 Å². The Labute approximate surface area is 154 Å². The number of anilines is 1. The fourth-order valence-corrected chi connectivity index (χ4v) is 3.04. The maximum atomic E-state index is 12.7. The Bertz CT molecular complexity index is 1030. The Hall–Kier alpha value is -2.81. The molecule has 3 rings (SSSR count). The molecule has 1 aromatic heterocycles. The summed E-state index contributed by atoms with van der Waals surface area (Å²) < 4.78 is 1.84. The van der Waals surface area contributed by atoms with Gasteiger partial charge in [0, 0.05) is 34.2 Å². The molecular weight excluding hydrogens is 359 g/mol. The maximum absolute atomic E-state index is 12.7. The highest BCUT2D eigenvalue weighted by molar-refractivity contribution is 6.53. The van der Waals surface area contributed by atoms with Gasteiger partial charge in [0.25, 0.3) is 0 Å². The van der Waals surface area contributed by atoms with Gasteiger partial charge in [0.05, 0.1) is 11.3 Å². The van der Waals surface area contributed by atoms with Gasteiger partial charge in [0.15, 0.2) is 0 Å². The van der Waals surface area contributed by atoms with Crippen LogP contribution in [0.25, 0.3) is 10.9 Å². The molecular formula is C18H12Cl2N4O. The molecule has 0 spiro atoms. The van der Waals surface area contributed by atoms with Crippen molar-refractivity contribution >= 4 is 51.3 Å². The number of carbonyl (C=O) groups is 1. The third-order valence-corrected chi connectivity index (χ3v) is 4.06. The summed E-state index contributed by atoms with van der Waals surface area (Å²) in [5, 5.41) is 14.8. The van der Waals surface area contributed by atoms with E-state index in [4.69, 9.17) is 23.2 Å². The summed E-state index contributed by atoms with van der Waals surface area (Å²) in [7, 11) is 1.84. The smallest absolute Gasteiger partial charge is 0.226 e. The molecule has 5 nitrogen and oxygen atoms in total. The van der Waals surface area contributed by atoms with Gasteiger partial charge in [-0.2, -0.15) is 10.4 Å². The van der Waals surface area contributed by atoms with Gasteiger partial charge >= 0.3 is 0 Å². The van der Waals surface area contributed by atoms with Crippen molar-refractivity contribution in [1.29, 1.82) is 5.26 Å². The summed E-state index contributed by atoms with van der Waals surface area (Å²) in [5.41, 5.74) is 4.20. The van der Waals surface area contributed by atoms with Crippen LogP contribution in [0, 0.1) is 11.3 Å². The van der Waals surface area contributed by atoms with Crippen molar-refractivity contribution in [3.05, 3.63) is 64.3 Å². The number of ketones is 1. The molecule has 0 aliphatic carbocycles. The molecule has 0 aliphatic rings. The average molecular weight is 371 g/mol. The predicted molar refractivity (Wildman–Crippen MR) is 100 cm³/mol. The third kappa shape index (κ3) is 3.50. The van der Waals surface area contributed by atoms with E-state index in [1.54, 1.807) is 24.4 Å². The lowest BCUT2D eigenvalue weighted by Gasteiger charge is -2.03. The number of fused-ring (bicyclic) bond motifs is 1. The molecule has 0 saturated carbocycles. The fourth-order valence-electron chi connectivity index (χ4n) is 2.52. The van der Waals surface area contributed by atoms with Crippen molar-refractivity contribution in [2.24, 2.45) is 12.1 Å². The first-order valence-electron chi connectivity index (χ1n) is 7.28. The molecule has 7 heteroatoms. The number of nitrogens with zero attached hydrogens (tertiary/aromatic N) is 3. The SMILES string of the molecule is Cn1cc(C(=O)/C(C#N)=N/Nc2cc(Cl)cc(Cl)c2)c2ccccc21. The number of nitrogens with one attached hydrogen (secondary N) is 1. The van der Waals surface area contributed by atoms with Crippen molar-refractivity contribution in [3.63, 3.8) is 0 Å². The first kappa shape index (κ1) is 17.0. The molecule has 0 radical (unpaired) electrons. The summed E-state index contributed by atoms with van der Waals surface area (Å²) in [4.78, 5) is 12.7. The second-order valence-electron chi connectivity index (χ2n) is 5.34. The van der Waals surface area contributed by atoms with E-state index in [-0.39, 0.29) is 5.71 Å². The Morgan fingerprint density at radius 1 is 1.20 bits per heavy atom.